The predicted octanol–water partition coefficient (Wildman–Crippen LogP) is 2.95. The lowest BCUT2D eigenvalue weighted by Crippen LogP contribution is -2.24. The summed E-state index contributed by atoms with van der Waals surface area (Å²) in [4.78, 5) is 23.5. The summed E-state index contributed by atoms with van der Waals surface area (Å²) in [6.45, 7) is 0. The van der Waals surface area contributed by atoms with E-state index in [0.717, 1.165) is 7.11 Å². The minimum absolute atomic E-state index is 0.463. The first kappa shape index (κ1) is 14.9. The van der Waals surface area contributed by atoms with Crippen LogP contribution in [0.3, 0.4) is 0 Å². The van der Waals surface area contributed by atoms with Crippen molar-refractivity contribution in [3.8, 4) is 0 Å². The highest BCUT2D eigenvalue weighted by molar-refractivity contribution is 8.16. The molecular formula is C15H13NO4S. The summed E-state index contributed by atoms with van der Waals surface area (Å²) in [5, 5.41) is 11.4. The standard InChI is InChI=1S/C15H13NO4S/c1-20-15(17)14(16(18)19)21(12-8-4-2-5-9-12)13-10-6-3-7-11-13/h2-11H,1H3. The van der Waals surface area contributed by atoms with E-state index in [1.54, 1.807) is 48.5 Å². The SMILES string of the molecule is COC(=O)C([N+](=O)[O-])=S(c1ccccc1)c1ccccc1. The average molecular weight is 303 g/mol. The van der Waals surface area contributed by atoms with Gasteiger partial charge in [-0.3, -0.25) is 10.1 Å². The van der Waals surface area contributed by atoms with Gasteiger partial charge in [-0.2, -0.15) is 0 Å². The molecule has 2 aromatic carbocycles. The maximum absolute atomic E-state index is 11.8. The van der Waals surface area contributed by atoms with Crippen LogP contribution < -0.4 is 0 Å². The normalized spacial score (nSPS) is 10.2. The second-order valence-electron chi connectivity index (χ2n) is 3.99. The van der Waals surface area contributed by atoms with Crippen LogP contribution in [0.25, 0.3) is 0 Å². The number of nitro groups is 1. The predicted molar refractivity (Wildman–Crippen MR) is 81.0 cm³/mol. The number of rotatable bonds is 2. The molecule has 0 saturated heterocycles. The van der Waals surface area contributed by atoms with Crippen LogP contribution in [0, 0.1) is 10.1 Å². The first-order chi connectivity index (χ1) is 10.1. The van der Waals surface area contributed by atoms with Crippen LogP contribution >= 0.6 is 10.5 Å². The number of nitrogens with zero attached hydrogens (tertiary/aromatic N) is 1. The molecule has 0 aliphatic rings. The van der Waals surface area contributed by atoms with Crippen LogP contribution in [-0.2, 0) is 9.53 Å². The fraction of sp³-hybridized carbons (Fsp3) is 0.0667. The third kappa shape index (κ3) is 3.35. The lowest BCUT2D eigenvalue weighted by Gasteiger charge is -2.10. The highest BCUT2D eigenvalue weighted by Gasteiger charge is 2.29. The Morgan fingerprint density at radius 1 is 1.00 bits per heavy atom. The van der Waals surface area contributed by atoms with Crippen molar-refractivity contribution < 1.29 is 14.5 Å². The highest BCUT2D eigenvalue weighted by Crippen LogP contribution is 2.37. The van der Waals surface area contributed by atoms with E-state index in [1.807, 2.05) is 12.1 Å². The quantitative estimate of drug-likeness (QED) is 0.370. The third-order valence-electron chi connectivity index (χ3n) is 2.68. The highest BCUT2D eigenvalue weighted by atomic mass is 32.2. The summed E-state index contributed by atoms with van der Waals surface area (Å²) in [5.74, 6) is -0.920. The molecule has 0 bridgehead atoms. The van der Waals surface area contributed by atoms with Crippen LogP contribution in [0.15, 0.2) is 70.5 Å². The van der Waals surface area contributed by atoms with Gasteiger partial charge in [0.1, 0.15) is 0 Å². The molecule has 0 aromatic heterocycles. The van der Waals surface area contributed by atoms with Crippen molar-refractivity contribution in [3.05, 3.63) is 70.8 Å². The number of hydrogen-bond acceptors (Lipinski definition) is 4. The molecule has 0 atom stereocenters. The molecule has 2 rings (SSSR count). The van der Waals surface area contributed by atoms with E-state index in [9.17, 15) is 14.9 Å². The number of hydrogen-bond donors (Lipinski definition) is 0. The minimum Gasteiger partial charge on any atom is -0.460 e. The summed E-state index contributed by atoms with van der Waals surface area (Å²) in [7, 11) is 0.0362. The summed E-state index contributed by atoms with van der Waals surface area (Å²) in [6.07, 6.45) is 0. The van der Waals surface area contributed by atoms with E-state index >= 15 is 0 Å². The van der Waals surface area contributed by atoms with Crippen LogP contribution in [0.4, 0.5) is 0 Å². The average Bonchev–Trinajstić information content (AvgIpc) is 2.53. The number of carbonyl (C=O) groups is 1. The first-order valence-corrected chi connectivity index (χ1v) is 7.31. The molecule has 0 N–H and O–H groups in total. The van der Waals surface area contributed by atoms with Crippen molar-refractivity contribution in [3.63, 3.8) is 0 Å². The monoisotopic (exact) mass is 303 g/mol. The van der Waals surface area contributed by atoms with E-state index in [-0.39, 0.29) is 0 Å². The van der Waals surface area contributed by atoms with E-state index in [0.29, 0.717) is 9.79 Å². The van der Waals surface area contributed by atoms with Gasteiger partial charge in [0.25, 0.3) is 0 Å². The van der Waals surface area contributed by atoms with E-state index in [4.69, 9.17) is 0 Å². The van der Waals surface area contributed by atoms with Crippen LogP contribution in [-0.4, -0.2) is 23.0 Å². The summed E-state index contributed by atoms with van der Waals surface area (Å²) >= 11 is 0. The second kappa shape index (κ2) is 6.81. The van der Waals surface area contributed by atoms with Gasteiger partial charge in [0.2, 0.25) is 0 Å². The van der Waals surface area contributed by atoms with Crippen LogP contribution in [0.2, 0.25) is 0 Å². The number of benzene rings is 2. The Kier molecular flexibility index (Phi) is 4.84. The lowest BCUT2D eigenvalue weighted by atomic mass is 10.4. The third-order valence-corrected chi connectivity index (χ3v) is 4.87. The topological polar surface area (TPSA) is 69.4 Å². The van der Waals surface area contributed by atoms with E-state index in [1.165, 1.54) is 0 Å². The lowest BCUT2D eigenvalue weighted by molar-refractivity contribution is -0.345. The molecular weight excluding hydrogens is 290 g/mol. The Hall–Kier alpha value is -2.47. The molecule has 0 amide bonds. The van der Waals surface area contributed by atoms with E-state index in [2.05, 4.69) is 4.74 Å². The molecule has 108 valence electrons. The zero-order valence-electron chi connectivity index (χ0n) is 11.3. The minimum atomic E-state index is -1.11. The van der Waals surface area contributed by atoms with Gasteiger partial charge in [0.15, 0.2) is 0 Å². The number of esters is 1. The van der Waals surface area contributed by atoms with Crippen LogP contribution in [0.5, 0.6) is 0 Å². The molecule has 5 nitrogen and oxygen atoms in total. The van der Waals surface area contributed by atoms with Gasteiger partial charge in [-0.1, -0.05) is 36.4 Å². The zero-order chi connectivity index (χ0) is 15.2. The van der Waals surface area contributed by atoms with Crippen molar-refractivity contribution in [1.82, 2.24) is 0 Å². The molecule has 0 fully saturated rings. The van der Waals surface area contributed by atoms with Crippen molar-refractivity contribution in [2.45, 2.75) is 9.79 Å². The molecule has 0 radical (unpaired) electrons. The van der Waals surface area contributed by atoms with Crippen molar-refractivity contribution in [1.29, 1.82) is 0 Å². The molecule has 0 unspecified atom stereocenters. The maximum Gasteiger partial charge on any atom is 0.416 e. The van der Waals surface area contributed by atoms with E-state index < -0.39 is 26.4 Å². The number of methoxy groups -OCH3 is 1. The molecule has 0 spiro atoms. The molecule has 2 aromatic rings. The molecule has 0 heterocycles. The van der Waals surface area contributed by atoms with Crippen molar-refractivity contribution >= 4 is 21.4 Å². The second-order valence-corrected chi connectivity index (χ2v) is 5.93. The molecule has 6 heteroatoms. The molecule has 21 heavy (non-hydrogen) atoms. The molecule has 0 aliphatic heterocycles. The largest absolute Gasteiger partial charge is 0.460 e. The van der Waals surface area contributed by atoms with Gasteiger partial charge in [0.05, 0.1) is 12.0 Å². The first-order valence-electron chi connectivity index (χ1n) is 6.09. The number of carbonyl (C=O) groups excluding carboxylic acids is 1. The van der Waals surface area contributed by atoms with Crippen LogP contribution in [0.1, 0.15) is 0 Å². The Morgan fingerprint density at radius 3 is 1.76 bits per heavy atom. The Bertz CT molecular complexity index is 642. The number of ether oxygens (including phenoxy) is 1. The smallest absolute Gasteiger partial charge is 0.416 e. The van der Waals surface area contributed by atoms with Crippen molar-refractivity contribution in [2.24, 2.45) is 0 Å². The summed E-state index contributed by atoms with van der Waals surface area (Å²) < 4.78 is 4.59. The maximum atomic E-state index is 11.8. The zero-order valence-corrected chi connectivity index (χ0v) is 12.1. The van der Waals surface area contributed by atoms with Gasteiger partial charge < -0.3 is 4.74 Å². The Morgan fingerprint density at radius 2 is 1.43 bits per heavy atom. The Labute approximate surface area is 124 Å². The van der Waals surface area contributed by atoms with Gasteiger partial charge >= 0.3 is 11.0 Å². The van der Waals surface area contributed by atoms with Gasteiger partial charge in [-0.05, 0) is 34.7 Å². The fourth-order valence-corrected chi connectivity index (χ4v) is 3.77. The van der Waals surface area contributed by atoms with Gasteiger partial charge in [-0.15, -0.1) is 0 Å². The summed E-state index contributed by atoms with van der Waals surface area (Å²) in [5.41, 5.74) is 0. The van der Waals surface area contributed by atoms with Crippen molar-refractivity contribution in [2.75, 3.05) is 7.11 Å². The molecule has 0 saturated carbocycles. The fourth-order valence-electron chi connectivity index (χ4n) is 1.79. The molecule has 0 aliphatic carbocycles. The summed E-state index contributed by atoms with van der Waals surface area (Å²) in [6, 6.07) is 17.8. The van der Waals surface area contributed by atoms with Gasteiger partial charge in [0, 0.05) is 9.79 Å². The van der Waals surface area contributed by atoms with Gasteiger partial charge in [-0.25, -0.2) is 4.79 Å². The Balaban J connectivity index is 2.77.